The molecule has 2 aromatic rings. The van der Waals surface area contributed by atoms with Crippen LogP contribution in [0.5, 0.6) is 0 Å². The van der Waals surface area contributed by atoms with Gasteiger partial charge >= 0.3 is 0 Å². The van der Waals surface area contributed by atoms with Crippen LogP contribution in [0.4, 0.5) is 5.69 Å². The first-order valence-corrected chi connectivity index (χ1v) is 7.48. The number of aryl methyl sites for hydroxylation is 2. The van der Waals surface area contributed by atoms with E-state index in [1.165, 1.54) is 5.01 Å². The Morgan fingerprint density at radius 1 is 0.826 bits per heavy atom. The third kappa shape index (κ3) is 1.90. The van der Waals surface area contributed by atoms with Gasteiger partial charge in [0, 0.05) is 6.42 Å². The molecule has 0 saturated heterocycles. The van der Waals surface area contributed by atoms with Crippen molar-refractivity contribution >= 4 is 23.4 Å². The summed E-state index contributed by atoms with van der Waals surface area (Å²) in [5, 5.41) is 2.22. The van der Waals surface area contributed by atoms with Crippen LogP contribution in [0.2, 0.25) is 0 Å². The lowest BCUT2D eigenvalue weighted by Gasteiger charge is -2.34. The summed E-state index contributed by atoms with van der Waals surface area (Å²) in [6.45, 7) is 1.92. The predicted octanol–water partition coefficient (Wildman–Crippen LogP) is 2.49. The molecule has 0 aromatic heterocycles. The molecule has 0 radical (unpaired) electrons. The number of rotatable bonds is 1. The van der Waals surface area contributed by atoms with Gasteiger partial charge in [0.05, 0.1) is 16.8 Å². The molecule has 2 aliphatic heterocycles. The topological polar surface area (TPSA) is 57.7 Å². The Balaban J connectivity index is 1.86. The second-order valence-electron chi connectivity index (χ2n) is 5.81. The Kier molecular flexibility index (Phi) is 2.84. The minimum atomic E-state index is -0.451. The van der Waals surface area contributed by atoms with E-state index in [2.05, 4.69) is 0 Å². The van der Waals surface area contributed by atoms with Crippen LogP contribution in [-0.2, 0) is 11.2 Å². The van der Waals surface area contributed by atoms with Crippen molar-refractivity contribution in [2.75, 3.05) is 5.01 Å². The van der Waals surface area contributed by atoms with Gasteiger partial charge in [-0.15, -0.1) is 0 Å². The summed E-state index contributed by atoms with van der Waals surface area (Å²) < 4.78 is 0. The monoisotopic (exact) mass is 306 g/mol. The van der Waals surface area contributed by atoms with Crippen LogP contribution in [0.15, 0.2) is 42.5 Å². The quantitative estimate of drug-likeness (QED) is 0.761. The summed E-state index contributed by atoms with van der Waals surface area (Å²) in [5.41, 5.74) is 3.23. The lowest BCUT2D eigenvalue weighted by molar-refractivity contribution is -0.121. The highest BCUT2D eigenvalue weighted by molar-refractivity contribution is 6.24. The highest BCUT2D eigenvalue weighted by Crippen LogP contribution is 2.34. The molecule has 4 rings (SSSR count). The van der Waals surface area contributed by atoms with E-state index in [-0.39, 0.29) is 12.3 Å². The number of hydrogen-bond donors (Lipinski definition) is 0. The number of anilines is 1. The van der Waals surface area contributed by atoms with Crippen LogP contribution in [0, 0.1) is 6.92 Å². The van der Waals surface area contributed by atoms with Crippen LogP contribution in [-0.4, -0.2) is 22.7 Å². The maximum Gasteiger partial charge on any atom is 0.281 e. The van der Waals surface area contributed by atoms with Crippen molar-refractivity contribution in [3.05, 3.63) is 64.7 Å². The fraction of sp³-hybridized carbons (Fsp3) is 0.167. The summed E-state index contributed by atoms with van der Waals surface area (Å²) in [6, 6.07) is 12.4. The number of hydrogen-bond acceptors (Lipinski definition) is 3. The second-order valence-corrected chi connectivity index (χ2v) is 5.81. The summed E-state index contributed by atoms with van der Waals surface area (Å²) in [6.07, 6.45) is 0.900. The van der Waals surface area contributed by atoms with Gasteiger partial charge in [-0.3, -0.25) is 14.4 Å². The molecule has 0 saturated carbocycles. The van der Waals surface area contributed by atoms with Gasteiger partial charge in [0.25, 0.3) is 11.8 Å². The van der Waals surface area contributed by atoms with Crippen molar-refractivity contribution in [3.63, 3.8) is 0 Å². The molecule has 0 atom stereocenters. The molecular weight excluding hydrogens is 292 g/mol. The predicted molar refractivity (Wildman–Crippen MR) is 83.9 cm³/mol. The van der Waals surface area contributed by atoms with Gasteiger partial charge in [0.1, 0.15) is 0 Å². The van der Waals surface area contributed by atoms with E-state index >= 15 is 0 Å². The molecule has 23 heavy (non-hydrogen) atoms. The zero-order valence-electron chi connectivity index (χ0n) is 12.6. The van der Waals surface area contributed by atoms with Crippen molar-refractivity contribution in [2.24, 2.45) is 0 Å². The largest absolute Gasteiger partial charge is 0.281 e. The average molecular weight is 306 g/mol. The fourth-order valence-electron chi connectivity index (χ4n) is 3.14. The Morgan fingerprint density at radius 2 is 1.48 bits per heavy atom. The van der Waals surface area contributed by atoms with E-state index in [1.54, 1.807) is 24.3 Å². The van der Waals surface area contributed by atoms with Gasteiger partial charge in [0.2, 0.25) is 5.91 Å². The molecule has 114 valence electrons. The summed E-state index contributed by atoms with van der Waals surface area (Å²) >= 11 is 0. The van der Waals surface area contributed by atoms with Crippen LogP contribution in [0.3, 0.4) is 0 Å². The van der Waals surface area contributed by atoms with Crippen molar-refractivity contribution in [2.45, 2.75) is 19.8 Å². The first kappa shape index (κ1) is 13.7. The zero-order chi connectivity index (χ0) is 16.1. The number of benzene rings is 2. The summed E-state index contributed by atoms with van der Waals surface area (Å²) in [4.78, 5) is 37.8. The molecule has 0 N–H and O–H groups in total. The maximum atomic E-state index is 12.7. The van der Waals surface area contributed by atoms with Crippen molar-refractivity contribution in [1.82, 2.24) is 5.01 Å². The highest BCUT2D eigenvalue weighted by atomic mass is 16.2. The van der Waals surface area contributed by atoms with Gasteiger partial charge in [-0.05, 0) is 42.7 Å². The number of carbonyl (C=O) groups excluding carboxylic acids is 3. The average Bonchev–Trinajstić information content (AvgIpc) is 2.80. The van der Waals surface area contributed by atoms with E-state index in [4.69, 9.17) is 0 Å². The molecule has 3 amide bonds. The van der Waals surface area contributed by atoms with Gasteiger partial charge in [0.15, 0.2) is 0 Å². The number of fused-ring (bicyclic) bond motifs is 2. The van der Waals surface area contributed by atoms with Gasteiger partial charge in [-0.2, -0.15) is 5.01 Å². The second kappa shape index (κ2) is 4.78. The van der Waals surface area contributed by atoms with Crippen molar-refractivity contribution in [1.29, 1.82) is 0 Å². The molecule has 5 heteroatoms. The smallest absolute Gasteiger partial charge is 0.273 e. The molecule has 2 heterocycles. The minimum Gasteiger partial charge on any atom is -0.273 e. The first-order valence-electron chi connectivity index (χ1n) is 7.48. The van der Waals surface area contributed by atoms with E-state index in [0.717, 1.165) is 16.1 Å². The standard InChI is InChI=1S/C18H14N2O3/c1-11-6-7-12-8-9-16(21)19(15(12)10-11)20-17(22)13-4-2-3-5-14(13)18(20)23/h2-7,10H,8-9H2,1H3. The fourth-order valence-corrected chi connectivity index (χ4v) is 3.14. The first-order chi connectivity index (χ1) is 11.1. The molecule has 2 aromatic carbocycles. The molecular formula is C18H14N2O3. The molecule has 0 unspecified atom stereocenters. The highest BCUT2D eigenvalue weighted by Gasteiger charge is 2.43. The Labute approximate surface area is 133 Å². The van der Waals surface area contributed by atoms with E-state index < -0.39 is 11.8 Å². The Bertz CT molecular complexity index is 837. The Morgan fingerprint density at radius 3 is 2.13 bits per heavy atom. The van der Waals surface area contributed by atoms with Crippen molar-refractivity contribution in [3.8, 4) is 0 Å². The van der Waals surface area contributed by atoms with E-state index in [1.807, 2.05) is 25.1 Å². The number of carbonyl (C=O) groups is 3. The third-order valence-electron chi connectivity index (χ3n) is 4.29. The molecule has 5 nitrogen and oxygen atoms in total. The molecule has 0 fully saturated rings. The van der Waals surface area contributed by atoms with Crippen LogP contribution >= 0.6 is 0 Å². The van der Waals surface area contributed by atoms with Gasteiger partial charge in [-0.25, -0.2) is 5.01 Å². The number of imide groups is 1. The number of amides is 3. The SMILES string of the molecule is Cc1ccc2c(c1)N(N1C(=O)c3ccccc3C1=O)C(=O)CC2. The number of nitrogens with zero attached hydrogens (tertiary/aromatic N) is 2. The van der Waals surface area contributed by atoms with Crippen LogP contribution < -0.4 is 5.01 Å². The zero-order valence-corrected chi connectivity index (χ0v) is 12.6. The van der Waals surface area contributed by atoms with E-state index in [0.29, 0.717) is 23.2 Å². The molecule has 0 bridgehead atoms. The van der Waals surface area contributed by atoms with Crippen molar-refractivity contribution < 1.29 is 14.4 Å². The van der Waals surface area contributed by atoms with Crippen LogP contribution in [0.1, 0.15) is 38.3 Å². The van der Waals surface area contributed by atoms with Gasteiger partial charge in [-0.1, -0.05) is 24.3 Å². The Hall–Kier alpha value is -2.95. The molecule has 0 aliphatic carbocycles. The number of hydrazine groups is 1. The summed E-state index contributed by atoms with van der Waals surface area (Å²) in [5.74, 6) is -1.14. The molecule has 0 spiro atoms. The summed E-state index contributed by atoms with van der Waals surface area (Å²) in [7, 11) is 0. The van der Waals surface area contributed by atoms with Crippen LogP contribution in [0.25, 0.3) is 0 Å². The minimum absolute atomic E-state index is 0.238. The van der Waals surface area contributed by atoms with Gasteiger partial charge < -0.3 is 0 Å². The molecule has 2 aliphatic rings. The maximum absolute atomic E-state index is 12.7. The lowest BCUT2D eigenvalue weighted by Crippen LogP contribution is -2.51. The van der Waals surface area contributed by atoms with E-state index in [9.17, 15) is 14.4 Å². The lowest BCUT2D eigenvalue weighted by atomic mass is 10.0. The normalized spacial score (nSPS) is 16.7. The third-order valence-corrected chi connectivity index (χ3v) is 4.29.